The highest BCUT2D eigenvalue weighted by molar-refractivity contribution is 5.94. The number of H-pyrrole nitrogens is 1. The quantitative estimate of drug-likeness (QED) is 0.837. The van der Waals surface area contributed by atoms with Crippen LogP contribution in [0.3, 0.4) is 0 Å². The van der Waals surface area contributed by atoms with Crippen LogP contribution in [0, 0.1) is 18.7 Å². The number of nitrogens with one attached hydrogen (secondary N) is 1. The Morgan fingerprint density at radius 2 is 2.15 bits per heavy atom. The Balaban J connectivity index is 1.55. The summed E-state index contributed by atoms with van der Waals surface area (Å²) in [4.78, 5) is 30.6. The van der Waals surface area contributed by atoms with E-state index in [0.29, 0.717) is 36.3 Å². The number of ether oxygens (including phenoxy) is 1. The van der Waals surface area contributed by atoms with Crippen LogP contribution in [0.5, 0.6) is 0 Å². The van der Waals surface area contributed by atoms with Gasteiger partial charge in [0, 0.05) is 23.3 Å². The molecule has 1 amide bonds. The van der Waals surface area contributed by atoms with Crippen LogP contribution in [0.25, 0.3) is 11.3 Å². The van der Waals surface area contributed by atoms with Crippen LogP contribution in [0.1, 0.15) is 41.9 Å². The summed E-state index contributed by atoms with van der Waals surface area (Å²) in [6, 6.07) is 3.18. The predicted octanol–water partition coefficient (Wildman–Crippen LogP) is 2.48. The lowest BCUT2D eigenvalue weighted by atomic mass is 9.88. The van der Waals surface area contributed by atoms with Gasteiger partial charge in [0.2, 0.25) is 0 Å². The van der Waals surface area contributed by atoms with E-state index in [0.717, 1.165) is 19.0 Å². The van der Waals surface area contributed by atoms with Gasteiger partial charge in [-0.2, -0.15) is 5.10 Å². The number of hydrogen-bond acceptors (Lipinski definition) is 5. The van der Waals surface area contributed by atoms with Crippen LogP contribution in [0.2, 0.25) is 0 Å². The van der Waals surface area contributed by atoms with Crippen molar-refractivity contribution in [1.82, 2.24) is 20.1 Å². The van der Waals surface area contributed by atoms with E-state index in [9.17, 15) is 14.0 Å². The third kappa shape index (κ3) is 3.09. The van der Waals surface area contributed by atoms with Gasteiger partial charge in [-0.25, -0.2) is 4.39 Å². The minimum absolute atomic E-state index is 0.162. The minimum atomic E-state index is -0.471. The first kappa shape index (κ1) is 17.6. The highest BCUT2D eigenvalue weighted by atomic mass is 19.1. The highest BCUT2D eigenvalue weighted by Crippen LogP contribution is 2.50. The zero-order chi connectivity index (χ0) is 19.2. The molecule has 1 N–H and O–H groups in total. The maximum atomic E-state index is 14.1. The molecule has 27 heavy (non-hydrogen) atoms. The van der Waals surface area contributed by atoms with Crippen LogP contribution >= 0.6 is 0 Å². The van der Waals surface area contributed by atoms with Crippen molar-refractivity contribution in [3.63, 3.8) is 0 Å². The number of aryl methyl sites for hydroxylation is 1. The maximum Gasteiger partial charge on any atom is 0.308 e. The number of methoxy groups -OCH3 is 1. The van der Waals surface area contributed by atoms with Gasteiger partial charge in [0.05, 0.1) is 24.9 Å². The van der Waals surface area contributed by atoms with E-state index in [1.165, 1.54) is 7.11 Å². The Morgan fingerprint density at radius 3 is 2.85 bits per heavy atom. The molecule has 4 rings (SSSR count). The van der Waals surface area contributed by atoms with Crippen LogP contribution in [-0.4, -0.2) is 51.2 Å². The molecule has 1 atom stereocenters. The second-order valence-corrected chi connectivity index (χ2v) is 7.37. The monoisotopic (exact) mass is 372 g/mol. The zero-order valence-corrected chi connectivity index (χ0v) is 15.3. The summed E-state index contributed by atoms with van der Waals surface area (Å²) in [6.07, 6.45) is 4.11. The van der Waals surface area contributed by atoms with Gasteiger partial charge in [0.25, 0.3) is 5.91 Å². The number of piperidine rings is 1. The SMILES string of the molecule is COC(=O)[C@@H]1CCN(C(=O)c2cc(-c3cc(C)ncc3F)[nH]n2)C2(CC2)C1. The molecule has 0 bridgehead atoms. The first-order chi connectivity index (χ1) is 12.9. The van der Waals surface area contributed by atoms with E-state index >= 15 is 0 Å². The summed E-state index contributed by atoms with van der Waals surface area (Å²) in [7, 11) is 1.39. The molecule has 1 aliphatic carbocycles. The number of aromatic nitrogens is 3. The molecule has 2 aliphatic rings. The largest absolute Gasteiger partial charge is 0.469 e. The number of amides is 1. The van der Waals surface area contributed by atoms with E-state index in [2.05, 4.69) is 15.2 Å². The van der Waals surface area contributed by atoms with Crippen molar-refractivity contribution < 1.29 is 18.7 Å². The van der Waals surface area contributed by atoms with E-state index in [1.54, 1.807) is 19.1 Å². The van der Waals surface area contributed by atoms with Gasteiger partial charge in [0.15, 0.2) is 11.5 Å². The molecule has 0 radical (unpaired) electrons. The minimum Gasteiger partial charge on any atom is -0.469 e. The molecule has 142 valence electrons. The number of hydrogen-bond donors (Lipinski definition) is 1. The number of carbonyl (C=O) groups is 2. The van der Waals surface area contributed by atoms with Gasteiger partial charge in [-0.3, -0.25) is 19.7 Å². The van der Waals surface area contributed by atoms with Gasteiger partial charge in [-0.15, -0.1) is 0 Å². The van der Waals surface area contributed by atoms with Gasteiger partial charge in [0.1, 0.15) is 0 Å². The van der Waals surface area contributed by atoms with Crippen molar-refractivity contribution in [3.05, 3.63) is 35.5 Å². The van der Waals surface area contributed by atoms with Gasteiger partial charge >= 0.3 is 5.97 Å². The third-order valence-corrected chi connectivity index (χ3v) is 5.59. The number of pyridine rings is 1. The van der Waals surface area contributed by atoms with Crippen LogP contribution in [0.4, 0.5) is 4.39 Å². The fraction of sp³-hybridized carbons (Fsp3) is 0.474. The molecule has 7 nitrogen and oxygen atoms in total. The number of aromatic amines is 1. The topological polar surface area (TPSA) is 88.2 Å². The first-order valence-electron chi connectivity index (χ1n) is 9.01. The molecule has 1 aliphatic heterocycles. The summed E-state index contributed by atoms with van der Waals surface area (Å²) < 4.78 is 18.9. The lowest BCUT2D eigenvalue weighted by Crippen LogP contribution is -2.49. The Labute approximate surface area is 155 Å². The van der Waals surface area contributed by atoms with E-state index in [4.69, 9.17) is 4.74 Å². The van der Waals surface area contributed by atoms with Crippen molar-refractivity contribution in [1.29, 1.82) is 0 Å². The van der Waals surface area contributed by atoms with Crippen molar-refractivity contribution in [2.45, 2.75) is 38.1 Å². The molecule has 2 aromatic rings. The van der Waals surface area contributed by atoms with Gasteiger partial charge < -0.3 is 9.64 Å². The van der Waals surface area contributed by atoms with Crippen LogP contribution in [-0.2, 0) is 9.53 Å². The van der Waals surface area contributed by atoms with E-state index in [1.807, 2.05) is 4.90 Å². The summed E-state index contributed by atoms with van der Waals surface area (Å²) >= 11 is 0. The molecule has 0 aromatic carbocycles. The Hall–Kier alpha value is -2.77. The summed E-state index contributed by atoms with van der Waals surface area (Å²) in [5.41, 5.74) is 1.43. The number of carbonyl (C=O) groups excluding carboxylic acids is 2. The van der Waals surface area contributed by atoms with E-state index in [-0.39, 0.29) is 29.0 Å². The number of rotatable bonds is 3. The fourth-order valence-electron chi connectivity index (χ4n) is 3.95. The number of likely N-dealkylation sites (tertiary alicyclic amines) is 1. The smallest absolute Gasteiger partial charge is 0.308 e. The Kier molecular flexibility index (Phi) is 4.20. The standard InChI is InChI=1S/C19H21FN4O3/c1-11-7-13(14(20)10-21-11)15-8-16(23-22-15)17(25)24-6-3-12(18(26)27-2)9-19(24)4-5-19/h7-8,10,12H,3-6,9H2,1-2H3,(H,22,23)/t12-/m1/s1. The lowest BCUT2D eigenvalue weighted by Gasteiger charge is -2.38. The summed E-state index contributed by atoms with van der Waals surface area (Å²) in [6.45, 7) is 2.26. The summed E-state index contributed by atoms with van der Waals surface area (Å²) in [5.74, 6) is -1.03. The second kappa shape index (κ2) is 6.44. The van der Waals surface area contributed by atoms with Crippen molar-refractivity contribution in [2.75, 3.05) is 13.7 Å². The van der Waals surface area contributed by atoms with Gasteiger partial charge in [-0.1, -0.05) is 0 Å². The molecular formula is C19H21FN4O3. The number of esters is 1. The highest BCUT2D eigenvalue weighted by Gasteiger charge is 2.55. The van der Waals surface area contributed by atoms with Crippen molar-refractivity contribution in [3.8, 4) is 11.3 Å². The fourth-order valence-corrected chi connectivity index (χ4v) is 3.95. The molecule has 8 heteroatoms. The predicted molar refractivity (Wildman–Crippen MR) is 94.3 cm³/mol. The maximum absolute atomic E-state index is 14.1. The zero-order valence-electron chi connectivity index (χ0n) is 15.3. The average Bonchev–Trinajstić information content (AvgIpc) is 3.25. The lowest BCUT2D eigenvalue weighted by molar-refractivity contribution is -0.147. The second-order valence-electron chi connectivity index (χ2n) is 7.37. The van der Waals surface area contributed by atoms with E-state index < -0.39 is 5.82 Å². The molecule has 2 aromatic heterocycles. The molecule has 1 saturated carbocycles. The van der Waals surface area contributed by atoms with Crippen molar-refractivity contribution >= 4 is 11.9 Å². The number of nitrogens with zero attached hydrogens (tertiary/aromatic N) is 3. The molecule has 1 saturated heterocycles. The van der Waals surface area contributed by atoms with Gasteiger partial charge in [-0.05, 0) is 44.7 Å². The molecular weight excluding hydrogens is 351 g/mol. The Bertz CT molecular complexity index is 906. The van der Waals surface area contributed by atoms with Crippen LogP contribution < -0.4 is 0 Å². The summed E-state index contributed by atoms with van der Waals surface area (Å²) in [5, 5.41) is 6.86. The normalized spacial score (nSPS) is 20.6. The molecule has 0 unspecified atom stereocenters. The molecule has 2 fully saturated rings. The first-order valence-corrected chi connectivity index (χ1v) is 9.01. The third-order valence-electron chi connectivity index (χ3n) is 5.59. The average molecular weight is 372 g/mol. The molecule has 1 spiro atoms. The van der Waals surface area contributed by atoms with Crippen LogP contribution in [0.15, 0.2) is 18.3 Å². The Morgan fingerprint density at radius 1 is 1.37 bits per heavy atom. The van der Waals surface area contributed by atoms with Crippen molar-refractivity contribution in [2.24, 2.45) is 5.92 Å². The molecule has 3 heterocycles. The number of halogens is 1.